The van der Waals surface area contributed by atoms with Crippen molar-refractivity contribution < 1.29 is 19.4 Å². The fourth-order valence-electron chi connectivity index (χ4n) is 6.56. The Morgan fingerprint density at radius 1 is 0.878 bits per heavy atom. The number of fused-ring (bicyclic) bond motifs is 1. The molecule has 8 nitrogen and oxygen atoms in total. The molecule has 7 rings (SSSR count). The summed E-state index contributed by atoms with van der Waals surface area (Å²) >= 11 is 6.17. The van der Waals surface area contributed by atoms with E-state index in [2.05, 4.69) is 14.9 Å². The lowest BCUT2D eigenvalue weighted by Crippen LogP contribution is -2.23. The Morgan fingerprint density at radius 2 is 1.63 bits per heavy atom. The molecule has 49 heavy (non-hydrogen) atoms. The van der Waals surface area contributed by atoms with Crippen molar-refractivity contribution in [1.82, 2.24) is 19.9 Å². The number of aromatic carboxylic acids is 1. The largest absolute Gasteiger partial charge is 0.489 e. The molecule has 2 heterocycles. The van der Waals surface area contributed by atoms with E-state index in [4.69, 9.17) is 21.3 Å². The number of carbonyl (C=O) groups excluding carboxylic acids is 1. The number of carboxylic acids is 1. The lowest BCUT2D eigenvalue weighted by atomic mass is 9.95. The number of imidazole rings is 1. The van der Waals surface area contributed by atoms with Crippen LogP contribution in [0.4, 0.5) is 0 Å². The Morgan fingerprint density at radius 3 is 2.37 bits per heavy atom. The first-order chi connectivity index (χ1) is 23.9. The van der Waals surface area contributed by atoms with E-state index in [9.17, 15) is 14.7 Å². The summed E-state index contributed by atoms with van der Waals surface area (Å²) in [4.78, 5) is 33.9. The van der Waals surface area contributed by atoms with E-state index >= 15 is 0 Å². The van der Waals surface area contributed by atoms with E-state index in [-0.39, 0.29) is 18.1 Å². The number of hydrogen-bond acceptors (Lipinski definition) is 5. The number of amides is 1. The highest BCUT2D eigenvalue weighted by Gasteiger charge is 2.23. The quantitative estimate of drug-likeness (QED) is 0.151. The smallest absolute Gasteiger partial charge is 0.335 e. The topological polar surface area (TPSA) is 106 Å². The number of rotatable bonds is 10. The summed E-state index contributed by atoms with van der Waals surface area (Å²) in [6, 6.07) is 30.3. The van der Waals surface area contributed by atoms with Crippen LogP contribution >= 0.6 is 11.6 Å². The molecule has 1 aliphatic carbocycles. The second-order valence-electron chi connectivity index (χ2n) is 12.3. The van der Waals surface area contributed by atoms with Gasteiger partial charge in [-0.2, -0.15) is 0 Å². The fraction of sp³-hybridized carbons (Fsp3) is 0.200. The van der Waals surface area contributed by atoms with Crippen molar-refractivity contribution in [3.63, 3.8) is 0 Å². The zero-order valence-electron chi connectivity index (χ0n) is 26.8. The van der Waals surface area contributed by atoms with E-state index in [1.54, 1.807) is 24.5 Å². The lowest BCUT2D eigenvalue weighted by Gasteiger charge is -2.25. The van der Waals surface area contributed by atoms with E-state index in [0.717, 1.165) is 64.8 Å². The van der Waals surface area contributed by atoms with Crippen molar-refractivity contribution in [2.45, 2.75) is 51.3 Å². The molecule has 6 aromatic rings. The van der Waals surface area contributed by atoms with Gasteiger partial charge in [0.15, 0.2) is 0 Å². The second-order valence-corrected chi connectivity index (χ2v) is 12.8. The van der Waals surface area contributed by atoms with Gasteiger partial charge >= 0.3 is 5.97 Å². The van der Waals surface area contributed by atoms with Gasteiger partial charge in [0.25, 0.3) is 5.91 Å². The number of nitrogens with one attached hydrogen (secondary N) is 1. The van der Waals surface area contributed by atoms with Gasteiger partial charge in [-0.15, -0.1) is 0 Å². The minimum absolute atomic E-state index is 0.187. The van der Waals surface area contributed by atoms with Gasteiger partial charge < -0.3 is 19.7 Å². The summed E-state index contributed by atoms with van der Waals surface area (Å²) in [5, 5.41) is 13.2. The maximum Gasteiger partial charge on any atom is 0.335 e. The van der Waals surface area contributed by atoms with Crippen molar-refractivity contribution in [2.75, 3.05) is 0 Å². The van der Waals surface area contributed by atoms with Crippen LogP contribution in [0.2, 0.25) is 5.02 Å². The average Bonchev–Trinajstić information content (AvgIpc) is 3.53. The number of benzene rings is 4. The van der Waals surface area contributed by atoms with E-state index in [1.807, 2.05) is 84.9 Å². The minimum atomic E-state index is -0.965. The van der Waals surface area contributed by atoms with Crippen LogP contribution < -0.4 is 10.1 Å². The zero-order chi connectivity index (χ0) is 33.7. The molecule has 1 aliphatic rings. The lowest BCUT2D eigenvalue weighted by molar-refractivity contribution is 0.0696. The van der Waals surface area contributed by atoms with Crippen LogP contribution in [0.3, 0.4) is 0 Å². The molecule has 1 amide bonds. The molecule has 0 radical (unpaired) electrons. The standard InChI is InChI=1S/C40H35ClN4O4/c41-32-14-8-27(9-15-32)35-18-12-29(39(46)43-24-26-5-4-20-42-23-26)21-31(35)25-49-34-16-10-28(11-17-34)38-44-36-22-30(40(47)48)13-19-37(36)45(38)33-6-2-1-3-7-33/h4-5,8-23,33H,1-3,6-7,24-25H2,(H,43,46)(H,47,48). The first kappa shape index (κ1) is 32.1. The van der Waals surface area contributed by atoms with Gasteiger partial charge in [0.2, 0.25) is 0 Å². The highest BCUT2D eigenvalue weighted by Crippen LogP contribution is 2.37. The summed E-state index contributed by atoms with van der Waals surface area (Å²) in [5.41, 5.74) is 7.00. The summed E-state index contributed by atoms with van der Waals surface area (Å²) < 4.78 is 8.61. The van der Waals surface area contributed by atoms with Gasteiger partial charge in [-0.1, -0.05) is 55.1 Å². The Kier molecular flexibility index (Phi) is 9.39. The Labute approximate surface area is 289 Å². The summed E-state index contributed by atoms with van der Waals surface area (Å²) in [5.74, 6) is 0.345. The molecule has 1 fully saturated rings. The molecule has 9 heteroatoms. The zero-order valence-corrected chi connectivity index (χ0v) is 27.6. The van der Waals surface area contributed by atoms with Gasteiger partial charge in [-0.05, 0) is 108 Å². The van der Waals surface area contributed by atoms with E-state index in [0.29, 0.717) is 34.4 Å². The maximum absolute atomic E-state index is 13.1. The van der Waals surface area contributed by atoms with Crippen LogP contribution in [0, 0.1) is 0 Å². The minimum Gasteiger partial charge on any atom is -0.489 e. The molecule has 0 spiro atoms. The number of pyridine rings is 1. The molecule has 2 N–H and O–H groups in total. The molecular weight excluding hydrogens is 636 g/mol. The van der Waals surface area contributed by atoms with E-state index in [1.165, 1.54) is 6.42 Å². The number of aromatic nitrogens is 3. The number of nitrogens with zero attached hydrogens (tertiary/aromatic N) is 3. The first-order valence-corrected chi connectivity index (χ1v) is 16.9. The Bertz CT molecular complexity index is 2110. The van der Waals surface area contributed by atoms with Crippen molar-refractivity contribution >= 4 is 34.5 Å². The first-order valence-electron chi connectivity index (χ1n) is 16.5. The van der Waals surface area contributed by atoms with Gasteiger partial charge in [0.1, 0.15) is 18.2 Å². The van der Waals surface area contributed by atoms with E-state index < -0.39 is 5.97 Å². The molecule has 1 saturated carbocycles. The average molecular weight is 671 g/mol. The molecule has 0 saturated heterocycles. The molecule has 0 aliphatic heterocycles. The van der Waals surface area contributed by atoms with Gasteiger partial charge in [-0.25, -0.2) is 9.78 Å². The number of carbonyl (C=O) groups is 2. The third-order valence-corrected chi connectivity index (χ3v) is 9.33. The van der Waals surface area contributed by atoms with Crippen molar-refractivity contribution in [3.05, 3.63) is 137 Å². The third-order valence-electron chi connectivity index (χ3n) is 9.08. The molecule has 0 unspecified atom stereocenters. The molecule has 4 aromatic carbocycles. The van der Waals surface area contributed by atoms with Gasteiger partial charge in [0, 0.05) is 41.1 Å². The van der Waals surface area contributed by atoms with Crippen molar-refractivity contribution in [1.29, 1.82) is 0 Å². The SMILES string of the molecule is O=C(O)c1ccc2c(c1)nc(-c1ccc(OCc3cc(C(=O)NCc4cccnc4)ccc3-c3ccc(Cl)cc3)cc1)n2C1CCCCC1. The molecule has 2 aromatic heterocycles. The summed E-state index contributed by atoms with van der Waals surface area (Å²) in [6.45, 7) is 0.610. The molecule has 0 bridgehead atoms. The number of hydrogen-bond donors (Lipinski definition) is 2. The summed E-state index contributed by atoms with van der Waals surface area (Å²) in [6.07, 6.45) is 9.12. The number of halogens is 1. The number of carboxylic acid groups (broad SMARTS) is 1. The molecule has 246 valence electrons. The monoisotopic (exact) mass is 670 g/mol. The van der Waals surface area contributed by atoms with Crippen LogP contribution in [-0.2, 0) is 13.2 Å². The normalized spacial score (nSPS) is 13.3. The van der Waals surface area contributed by atoms with Crippen LogP contribution in [0.5, 0.6) is 5.75 Å². The molecular formula is C40H35ClN4O4. The highest BCUT2D eigenvalue weighted by atomic mass is 35.5. The molecule has 0 atom stereocenters. The Hall–Kier alpha value is -5.47. The third kappa shape index (κ3) is 7.20. The van der Waals surface area contributed by atoms with Crippen molar-refractivity contribution in [3.8, 4) is 28.3 Å². The van der Waals surface area contributed by atoms with Crippen LogP contribution in [0.1, 0.15) is 70.0 Å². The van der Waals surface area contributed by atoms with Crippen LogP contribution in [0.25, 0.3) is 33.5 Å². The van der Waals surface area contributed by atoms with Crippen LogP contribution in [-0.4, -0.2) is 31.5 Å². The van der Waals surface area contributed by atoms with Crippen molar-refractivity contribution in [2.24, 2.45) is 0 Å². The predicted molar refractivity (Wildman–Crippen MR) is 191 cm³/mol. The second kappa shape index (κ2) is 14.3. The highest BCUT2D eigenvalue weighted by molar-refractivity contribution is 6.30. The van der Waals surface area contributed by atoms with Gasteiger partial charge in [-0.3, -0.25) is 9.78 Å². The van der Waals surface area contributed by atoms with Gasteiger partial charge in [0.05, 0.1) is 16.6 Å². The summed E-state index contributed by atoms with van der Waals surface area (Å²) in [7, 11) is 0. The number of ether oxygens (including phenoxy) is 1. The maximum atomic E-state index is 13.1. The van der Waals surface area contributed by atoms with Crippen LogP contribution in [0.15, 0.2) is 109 Å². The Balaban J connectivity index is 1.15. The fourth-order valence-corrected chi connectivity index (χ4v) is 6.68. The predicted octanol–water partition coefficient (Wildman–Crippen LogP) is 9.13.